The summed E-state index contributed by atoms with van der Waals surface area (Å²) in [6.07, 6.45) is 4.52. The van der Waals surface area contributed by atoms with Crippen LogP contribution in [0, 0.1) is 39.4 Å². The number of hydrogen-bond donors (Lipinski definition) is 8. The molecule has 0 radical (unpaired) electrons. The van der Waals surface area contributed by atoms with Crippen molar-refractivity contribution in [3.8, 4) is 0 Å². The Morgan fingerprint density at radius 2 is 1.62 bits per heavy atom. The van der Waals surface area contributed by atoms with Gasteiger partial charge in [-0.05, 0) is 119 Å². The van der Waals surface area contributed by atoms with Crippen LogP contribution in [0.4, 0.5) is 17.5 Å². The Bertz CT molecular complexity index is 2790. The molecule has 10 N–H and O–H groups in total. The second-order valence-electron chi connectivity index (χ2n) is 22.0. The first-order chi connectivity index (χ1) is 33.7. The van der Waals surface area contributed by atoms with Gasteiger partial charge in [0.25, 0.3) is 5.91 Å². The van der Waals surface area contributed by atoms with Crippen molar-refractivity contribution < 1.29 is 63.8 Å². The van der Waals surface area contributed by atoms with E-state index in [1.807, 2.05) is 39.6 Å². The lowest BCUT2D eigenvalue weighted by Crippen LogP contribution is -2.65. The lowest BCUT2D eigenvalue weighted by molar-refractivity contribution is -0.183. The van der Waals surface area contributed by atoms with Crippen LogP contribution in [0.15, 0.2) is 54.3 Å². The van der Waals surface area contributed by atoms with Crippen LogP contribution in [0.25, 0.3) is 11.2 Å². The molecule has 3 aromatic rings. The molecule has 0 unspecified atom stereocenters. The number of amides is 1. The summed E-state index contributed by atoms with van der Waals surface area (Å²) in [5, 5.41) is 54.2. The Balaban J connectivity index is 0.000000243. The van der Waals surface area contributed by atoms with E-state index in [9.17, 15) is 54.0 Å². The number of nitrogen functional groups attached to an aromatic ring is 2. The number of nitrogens with two attached hydrogens (primary N) is 2. The number of aliphatic hydroxyl groups excluding tert-OH is 2. The maximum absolute atomic E-state index is 14.3. The average molecular weight is 1010 g/mol. The van der Waals surface area contributed by atoms with Crippen molar-refractivity contribution in [1.82, 2.24) is 25.3 Å². The van der Waals surface area contributed by atoms with E-state index in [-0.39, 0.29) is 66.4 Å². The minimum atomic E-state index is -1.99. The summed E-state index contributed by atoms with van der Waals surface area (Å²) >= 11 is 0. The van der Waals surface area contributed by atoms with Gasteiger partial charge in [-0.15, -0.1) is 0 Å². The van der Waals surface area contributed by atoms with Crippen LogP contribution in [-0.4, -0.2) is 123 Å². The van der Waals surface area contributed by atoms with Gasteiger partial charge in [0.1, 0.15) is 29.1 Å². The van der Waals surface area contributed by atoms with Crippen LogP contribution >= 0.6 is 0 Å². The maximum atomic E-state index is 14.3. The number of aliphatic hydroxyl groups is 3. The first-order valence-electron chi connectivity index (χ1n) is 24.1. The molecular formula is C52H68N8O13. The number of ether oxygens (including phenoxy) is 1. The summed E-state index contributed by atoms with van der Waals surface area (Å²) in [6.45, 7) is 15.8. The number of carbonyl (C=O) groups excluding carboxylic acids is 5. The van der Waals surface area contributed by atoms with Crippen LogP contribution in [0.3, 0.4) is 0 Å². The van der Waals surface area contributed by atoms with E-state index in [0.29, 0.717) is 36.2 Å². The summed E-state index contributed by atoms with van der Waals surface area (Å²) in [5.74, 6) is -5.76. The normalized spacial score (nSPS) is 28.5. The molecule has 2 aromatic heterocycles. The van der Waals surface area contributed by atoms with Crippen LogP contribution in [0.5, 0.6) is 0 Å². The van der Waals surface area contributed by atoms with E-state index >= 15 is 0 Å². The van der Waals surface area contributed by atoms with E-state index in [1.54, 1.807) is 32.2 Å². The topological polar surface area (TPSA) is 349 Å². The molecule has 1 aromatic carbocycles. The third kappa shape index (κ3) is 10.4. The second-order valence-corrected chi connectivity index (χ2v) is 22.0. The van der Waals surface area contributed by atoms with Crippen molar-refractivity contribution >= 4 is 69.8 Å². The Morgan fingerprint density at radius 1 is 0.973 bits per heavy atom. The molecule has 0 aliphatic heterocycles. The van der Waals surface area contributed by atoms with Crippen LogP contribution in [0.1, 0.15) is 117 Å². The molecule has 0 saturated heterocycles. The van der Waals surface area contributed by atoms with Gasteiger partial charge in [0.2, 0.25) is 5.95 Å². The molecule has 3 fully saturated rings. The van der Waals surface area contributed by atoms with Crippen molar-refractivity contribution in [3.63, 3.8) is 0 Å². The third-order valence-electron chi connectivity index (χ3n) is 16.3. The van der Waals surface area contributed by atoms with E-state index in [2.05, 4.69) is 38.3 Å². The number of nitrogens with zero attached hydrogens (tertiary/aromatic N) is 5. The van der Waals surface area contributed by atoms with Gasteiger partial charge in [0.15, 0.2) is 28.5 Å². The zero-order chi connectivity index (χ0) is 54.6. The number of rotatable bonds is 14. The predicted octanol–water partition coefficient (Wildman–Crippen LogP) is 3.77. The average Bonchev–Trinajstić information content (AvgIpc) is 3.50. The maximum Gasteiger partial charge on any atom is 0.326 e. The number of aromatic nitrogens is 4. The quantitative estimate of drug-likeness (QED) is 0.0647. The molecule has 21 nitrogen and oxygen atoms in total. The van der Waals surface area contributed by atoms with E-state index in [1.165, 1.54) is 38.1 Å². The summed E-state index contributed by atoms with van der Waals surface area (Å²) in [6, 6.07) is 5.16. The molecule has 4 aliphatic carbocycles. The lowest BCUT2D eigenvalue weighted by atomic mass is 9.38. The molecule has 0 bridgehead atoms. The lowest BCUT2D eigenvalue weighted by Gasteiger charge is -2.64. The van der Waals surface area contributed by atoms with Crippen molar-refractivity contribution in [2.75, 3.05) is 23.4 Å². The number of allylic oxidation sites excluding steroid dienone is 2. The van der Waals surface area contributed by atoms with Gasteiger partial charge in [-0.25, -0.2) is 14.8 Å². The van der Waals surface area contributed by atoms with Gasteiger partial charge < -0.3 is 52.0 Å². The van der Waals surface area contributed by atoms with Crippen molar-refractivity contribution in [3.05, 3.63) is 65.5 Å². The molecule has 73 heavy (non-hydrogen) atoms. The SMILES string of the molecule is CC(=O)OC(C)(C)/C=C/C(=O)[C@](C)(O)[C@H]1[C@H](O)C[C@@]2(C)[C@@H]3CC=C4[C@@H](C[C@H](O)C(=O)C4(C)C)[C@]3(C)C(=O)C[C@]12C.CN(Cc1cnc2nc(N)nc(N)c2n1)c1ccc(C(=O)N[C@@H](CCC(=O)O)C(=O)O)cc1. The molecule has 1 amide bonds. The van der Waals surface area contributed by atoms with Gasteiger partial charge in [-0.3, -0.25) is 28.8 Å². The highest BCUT2D eigenvalue weighted by Gasteiger charge is 2.74. The van der Waals surface area contributed by atoms with Gasteiger partial charge in [0, 0.05) is 54.8 Å². The summed E-state index contributed by atoms with van der Waals surface area (Å²) < 4.78 is 5.23. The minimum absolute atomic E-state index is 0.0138. The number of benzene rings is 1. The van der Waals surface area contributed by atoms with Gasteiger partial charge in [-0.1, -0.05) is 32.4 Å². The summed E-state index contributed by atoms with van der Waals surface area (Å²) in [4.78, 5) is 105. The Kier molecular flexibility index (Phi) is 15.2. The fourth-order valence-electron chi connectivity index (χ4n) is 12.4. The standard InChI is InChI=1S/C32H46O8.C20H22N8O5/c1-17(33)40-27(2,3)13-12-23(36)32(9,39)25-21(35)15-29(6)22-11-10-18-19(14-20(34)26(38)28(18,4)5)31(22,8)24(37)16-30(25,29)7;1-28(9-11-8-23-17-15(24-11)16(21)26-20(22)27-17)12-4-2-10(3-5-12)18(31)25-13(19(32)33)6-7-14(29)30/h10,12-13,19-22,25,34-35,39H,11,14-16H2,1-9H3;2-5,8,13H,6-7,9H2,1H3,(H,25,31)(H,29,30)(H,32,33)(H4,21,22,23,26,27)/b13-12+;/t19-,20+,21-,22+,25+,29+,30-,31+,32+;13-/m10/s1. The highest BCUT2D eigenvalue weighted by Crippen LogP contribution is 2.74. The number of esters is 1. The number of nitrogens with one attached hydrogen (secondary N) is 1. The highest BCUT2D eigenvalue weighted by molar-refractivity contribution is 5.98. The molecule has 4 aliphatic rings. The fourth-order valence-corrected chi connectivity index (χ4v) is 12.4. The van der Waals surface area contributed by atoms with Gasteiger partial charge in [0.05, 0.1) is 24.5 Å². The number of anilines is 3. The monoisotopic (exact) mass is 1010 g/mol. The third-order valence-corrected chi connectivity index (χ3v) is 16.3. The Morgan fingerprint density at radius 3 is 2.22 bits per heavy atom. The number of Topliss-reactive ketones (excluding diaryl/α,β-unsaturated/α-hetero) is 2. The number of hydrogen-bond acceptors (Lipinski definition) is 18. The number of aliphatic carboxylic acids is 2. The zero-order valence-electron chi connectivity index (χ0n) is 42.9. The predicted molar refractivity (Wildman–Crippen MR) is 266 cm³/mol. The molecule has 10 atom stereocenters. The largest absolute Gasteiger partial charge is 0.481 e. The molecule has 3 saturated carbocycles. The first kappa shape index (κ1) is 55.6. The van der Waals surface area contributed by atoms with E-state index < -0.39 is 86.6 Å². The van der Waals surface area contributed by atoms with Crippen molar-refractivity contribution in [2.24, 2.45) is 39.4 Å². The molecule has 0 spiro atoms. The molecule has 394 valence electrons. The Labute approximate surface area is 422 Å². The van der Waals surface area contributed by atoms with E-state index in [0.717, 1.165) is 11.3 Å². The molecule has 7 rings (SSSR count). The van der Waals surface area contributed by atoms with Gasteiger partial charge >= 0.3 is 17.9 Å². The Hall–Kier alpha value is -6.71. The van der Waals surface area contributed by atoms with Crippen LogP contribution in [-0.2, 0) is 40.0 Å². The number of ketones is 3. The van der Waals surface area contributed by atoms with Crippen molar-refractivity contribution in [1.29, 1.82) is 0 Å². The molecule has 21 heteroatoms. The van der Waals surface area contributed by atoms with E-state index in [4.69, 9.17) is 21.3 Å². The molecule has 2 heterocycles. The second kappa shape index (κ2) is 20.0. The van der Waals surface area contributed by atoms with Crippen LogP contribution in [0.2, 0.25) is 0 Å². The smallest absolute Gasteiger partial charge is 0.326 e. The van der Waals surface area contributed by atoms with Crippen LogP contribution < -0.4 is 21.7 Å². The fraction of sp³-hybridized carbons (Fsp3) is 0.558. The summed E-state index contributed by atoms with van der Waals surface area (Å²) in [5.41, 5.74) is 8.23. The number of carboxylic acid groups (broad SMARTS) is 2. The number of carbonyl (C=O) groups is 7. The minimum Gasteiger partial charge on any atom is -0.481 e. The van der Waals surface area contributed by atoms with Crippen molar-refractivity contribution in [2.45, 2.75) is 137 Å². The van der Waals surface area contributed by atoms with Gasteiger partial charge in [-0.2, -0.15) is 9.97 Å². The zero-order valence-corrected chi connectivity index (χ0v) is 42.9. The number of carboxylic acids is 2. The molecular weight excluding hydrogens is 945 g/mol. The number of fused-ring (bicyclic) bond motifs is 6. The summed E-state index contributed by atoms with van der Waals surface area (Å²) in [7, 11) is 1.82. The first-order valence-corrected chi connectivity index (χ1v) is 24.1. The highest BCUT2D eigenvalue weighted by atomic mass is 16.6.